The number of ether oxygens (including phenoxy) is 1. The van der Waals surface area contributed by atoms with Gasteiger partial charge in [-0.15, -0.1) is 0 Å². The third-order valence-corrected chi connectivity index (χ3v) is 4.28. The lowest BCUT2D eigenvalue weighted by atomic mass is 10.0. The summed E-state index contributed by atoms with van der Waals surface area (Å²) in [6.45, 7) is 4.70. The first-order valence-corrected chi connectivity index (χ1v) is 9.28. The summed E-state index contributed by atoms with van der Waals surface area (Å²) in [5.41, 5.74) is 9.29. The Morgan fingerprint density at radius 3 is 2.64 bits per heavy atom. The number of aromatic nitrogens is 2. The minimum atomic E-state index is -0.217. The largest absolute Gasteiger partial charge is 0.493 e. The van der Waals surface area contributed by atoms with E-state index in [1.54, 1.807) is 6.92 Å². The molecular weight excluding hydrogens is 352 g/mol. The topological polar surface area (TPSA) is 90.1 Å². The van der Waals surface area contributed by atoms with Gasteiger partial charge in [-0.05, 0) is 31.5 Å². The standard InChI is InChI=1S/C22H24N4O2/c1-3-24-21(27)19-15(2)25-22(23)26-20(19)17-10-7-11-18(14-17)28-13-12-16-8-5-4-6-9-16/h4-11,14H,3,12-13H2,1-2H3,(H,24,27)(H2,23,25,26). The first kappa shape index (κ1) is 19.4. The van der Waals surface area contributed by atoms with Crippen LogP contribution in [0.2, 0.25) is 0 Å². The number of carbonyl (C=O) groups excluding carboxylic acids is 1. The van der Waals surface area contributed by atoms with Crippen LogP contribution in [0.3, 0.4) is 0 Å². The maximum atomic E-state index is 12.5. The average molecular weight is 376 g/mol. The molecular formula is C22H24N4O2. The summed E-state index contributed by atoms with van der Waals surface area (Å²) in [4.78, 5) is 21.0. The highest BCUT2D eigenvalue weighted by Crippen LogP contribution is 2.27. The van der Waals surface area contributed by atoms with Crippen molar-refractivity contribution in [3.63, 3.8) is 0 Å². The number of amides is 1. The summed E-state index contributed by atoms with van der Waals surface area (Å²) in [7, 11) is 0. The molecule has 0 bridgehead atoms. The number of hydrogen-bond donors (Lipinski definition) is 2. The lowest BCUT2D eigenvalue weighted by molar-refractivity contribution is 0.0955. The summed E-state index contributed by atoms with van der Waals surface area (Å²) >= 11 is 0. The number of anilines is 1. The van der Waals surface area contributed by atoms with Crippen molar-refractivity contribution in [1.29, 1.82) is 0 Å². The second kappa shape index (κ2) is 8.99. The van der Waals surface area contributed by atoms with Crippen LogP contribution in [0.5, 0.6) is 5.75 Å². The molecule has 1 aromatic heterocycles. The Labute approximate surface area is 164 Å². The molecule has 0 fully saturated rings. The van der Waals surface area contributed by atoms with E-state index in [0.717, 1.165) is 12.0 Å². The van der Waals surface area contributed by atoms with Gasteiger partial charge < -0.3 is 15.8 Å². The van der Waals surface area contributed by atoms with Crippen LogP contribution in [0, 0.1) is 6.92 Å². The Morgan fingerprint density at radius 1 is 1.11 bits per heavy atom. The predicted octanol–water partition coefficient (Wildman–Crippen LogP) is 3.41. The maximum absolute atomic E-state index is 12.5. The minimum absolute atomic E-state index is 0.135. The van der Waals surface area contributed by atoms with Crippen molar-refractivity contribution in [2.24, 2.45) is 0 Å². The number of rotatable bonds is 7. The fraction of sp³-hybridized carbons (Fsp3) is 0.227. The summed E-state index contributed by atoms with van der Waals surface area (Å²) < 4.78 is 5.91. The number of benzene rings is 2. The highest BCUT2D eigenvalue weighted by atomic mass is 16.5. The lowest BCUT2D eigenvalue weighted by Crippen LogP contribution is -2.25. The number of aryl methyl sites for hydroxylation is 1. The first-order valence-electron chi connectivity index (χ1n) is 9.28. The van der Waals surface area contributed by atoms with Gasteiger partial charge in [0, 0.05) is 18.5 Å². The Balaban J connectivity index is 1.84. The molecule has 0 saturated carbocycles. The predicted molar refractivity (Wildman–Crippen MR) is 110 cm³/mol. The molecule has 0 radical (unpaired) electrons. The van der Waals surface area contributed by atoms with E-state index < -0.39 is 0 Å². The van der Waals surface area contributed by atoms with Crippen LogP contribution in [-0.4, -0.2) is 29.0 Å². The van der Waals surface area contributed by atoms with Gasteiger partial charge in [0.1, 0.15) is 5.75 Å². The van der Waals surface area contributed by atoms with Crippen molar-refractivity contribution in [1.82, 2.24) is 15.3 Å². The van der Waals surface area contributed by atoms with Gasteiger partial charge in [-0.1, -0.05) is 42.5 Å². The van der Waals surface area contributed by atoms with Crippen molar-refractivity contribution in [3.8, 4) is 17.0 Å². The van der Waals surface area contributed by atoms with E-state index in [1.807, 2.05) is 49.4 Å². The van der Waals surface area contributed by atoms with Gasteiger partial charge in [0.05, 0.1) is 23.6 Å². The second-order valence-corrected chi connectivity index (χ2v) is 6.36. The number of nitrogens with two attached hydrogens (primary N) is 1. The van der Waals surface area contributed by atoms with E-state index >= 15 is 0 Å². The third kappa shape index (κ3) is 4.65. The second-order valence-electron chi connectivity index (χ2n) is 6.36. The van der Waals surface area contributed by atoms with Gasteiger partial charge in [0.2, 0.25) is 5.95 Å². The van der Waals surface area contributed by atoms with Crippen LogP contribution >= 0.6 is 0 Å². The van der Waals surface area contributed by atoms with E-state index in [2.05, 4.69) is 27.4 Å². The van der Waals surface area contributed by atoms with Crippen molar-refractivity contribution in [3.05, 3.63) is 71.4 Å². The van der Waals surface area contributed by atoms with Crippen LogP contribution < -0.4 is 15.8 Å². The molecule has 0 unspecified atom stereocenters. The zero-order chi connectivity index (χ0) is 19.9. The Kier molecular flexibility index (Phi) is 6.22. The molecule has 6 nitrogen and oxygen atoms in total. The summed E-state index contributed by atoms with van der Waals surface area (Å²) in [6, 6.07) is 17.7. The van der Waals surface area contributed by atoms with Crippen molar-refractivity contribution in [2.75, 3.05) is 18.9 Å². The fourth-order valence-electron chi connectivity index (χ4n) is 2.99. The lowest BCUT2D eigenvalue weighted by Gasteiger charge is -2.13. The molecule has 28 heavy (non-hydrogen) atoms. The zero-order valence-corrected chi connectivity index (χ0v) is 16.1. The Morgan fingerprint density at radius 2 is 1.89 bits per heavy atom. The van der Waals surface area contributed by atoms with Crippen molar-refractivity contribution >= 4 is 11.9 Å². The molecule has 3 N–H and O–H groups in total. The highest BCUT2D eigenvalue weighted by molar-refractivity contribution is 6.01. The van der Waals surface area contributed by atoms with Crippen LogP contribution in [0.4, 0.5) is 5.95 Å². The molecule has 1 heterocycles. The molecule has 1 amide bonds. The summed E-state index contributed by atoms with van der Waals surface area (Å²) in [5.74, 6) is 0.631. The number of carbonyl (C=O) groups is 1. The molecule has 0 saturated heterocycles. The molecule has 3 rings (SSSR count). The van der Waals surface area contributed by atoms with Crippen LogP contribution in [0.25, 0.3) is 11.3 Å². The summed E-state index contributed by atoms with van der Waals surface area (Å²) in [6.07, 6.45) is 0.814. The quantitative estimate of drug-likeness (QED) is 0.659. The fourth-order valence-corrected chi connectivity index (χ4v) is 2.99. The minimum Gasteiger partial charge on any atom is -0.493 e. The van der Waals surface area contributed by atoms with Gasteiger partial charge in [-0.2, -0.15) is 0 Å². The first-order chi connectivity index (χ1) is 13.6. The van der Waals surface area contributed by atoms with Gasteiger partial charge in [0.25, 0.3) is 5.91 Å². The van der Waals surface area contributed by atoms with E-state index in [-0.39, 0.29) is 11.9 Å². The smallest absolute Gasteiger partial charge is 0.255 e. The third-order valence-electron chi connectivity index (χ3n) is 4.28. The van der Waals surface area contributed by atoms with Crippen LogP contribution in [-0.2, 0) is 6.42 Å². The number of nitrogens with one attached hydrogen (secondary N) is 1. The van der Waals surface area contributed by atoms with Gasteiger partial charge in [-0.3, -0.25) is 4.79 Å². The van der Waals surface area contributed by atoms with Crippen LogP contribution in [0.15, 0.2) is 54.6 Å². The van der Waals surface area contributed by atoms with E-state index in [9.17, 15) is 4.79 Å². The molecule has 2 aromatic carbocycles. The number of hydrogen-bond acceptors (Lipinski definition) is 5. The molecule has 6 heteroatoms. The zero-order valence-electron chi connectivity index (χ0n) is 16.1. The summed E-state index contributed by atoms with van der Waals surface area (Å²) in [5, 5.41) is 2.81. The monoisotopic (exact) mass is 376 g/mol. The van der Waals surface area contributed by atoms with Gasteiger partial charge in [-0.25, -0.2) is 9.97 Å². The Bertz CT molecular complexity index is 958. The average Bonchev–Trinajstić information content (AvgIpc) is 2.68. The number of nitrogens with zero attached hydrogens (tertiary/aromatic N) is 2. The normalized spacial score (nSPS) is 10.5. The van der Waals surface area contributed by atoms with E-state index in [0.29, 0.717) is 35.9 Å². The molecule has 144 valence electrons. The Hall–Kier alpha value is -3.41. The maximum Gasteiger partial charge on any atom is 0.255 e. The van der Waals surface area contributed by atoms with Gasteiger partial charge >= 0.3 is 0 Å². The van der Waals surface area contributed by atoms with E-state index in [4.69, 9.17) is 10.5 Å². The van der Waals surface area contributed by atoms with Crippen molar-refractivity contribution < 1.29 is 9.53 Å². The molecule has 0 spiro atoms. The number of nitrogen functional groups attached to an aromatic ring is 1. The molecule has 0 aliphatic rings. The molecule has 3 aromatic rings. The highest BCUT2D eigenvalue weighted by Gasteiger charge is 2.19. The van der Waals surface area contributed by atoms with Crippen molar-refractivity contribution in [2.45, 2.75) is 20.3 Å². The molecule has 0 aliphatic heterocycles. The SMILES string of the molecule is CCNC(=O)c1c(C)nc(N)nc1-c1cccc(OCCc2ccccc2)c1. The molecule has 0 aliphatic carbocycles. The van der Waals surface area contributed by atoms with Crippen LogP contribution in [0.1, 0.15) is 28.5 Å². The van der Waals surface area contributed by atoms with Gasteiger partial charge in [0.15, 0.2) is 0 Å². The van der Waals surface area contributed by atoms with E-state index in [1.165, 1.54) is 5.56 Å². The molecule has 0 atom stereocenters.